The largest absolute Gasteiger partial charge is 0.330 e. The first-order valence-corrected chi connectivity index (χ1v) is 8.38. The summed E-state index contributed by atoms with van der Waals surface area (Å²) >= 11 is 3.51. The first kappa shape index (κ1) is 18.4. The van der Waals surface area contributed by atoms with Crippen molar-refractivity contribution in [2.24, 2.45) is 11.7 Å². The summed E-state index contributed by atoms with van der Waals surface area (Å²) in [4.78, 5) is 2.37. The quantitative estimate of drug-likeness (QED) is 0.835. The number of benzene rings is 2. The third-order valence-electron chi connectivity index (χ3n) is 4.45. The number of rotatable bonds is 4. The van der Waals surface area contributed by atoms with E-state index in [1.165, 1.54) is 11.6 Å². The van der Waals surface area contributed by atoms with E-state index in [9.17, 15) is 4.39 Å². The van der Waals surface area contributed by atoms with Crippen LogP contribution in [0.1, 0.15) is 17.0 Å². The summed E-state index contributed by atoms with van der Waals surface area (Å²) in [5, 5.41) is 0. The fourth-order valence-corrected chi connectivity index (χ4v) is 3.68. The van der Waals surface area contributed by atoms with E-state index in [-0.39, 0.29) is 18.2 Å². The van der Waals surface area contributed by atoms with Gasteiger partial charge in [-0.05, 0) is 41.8 Å². The van der Waals surface area contributed by atoms with Crippen molar-refractivity contribution in [3.8, 4) is 0 Å². The highest BCUT2D eigenvalue weighted by Gasteiger charge is 2.32. The van der Waals surface area contributed by atoms with Gasteiger partial charge in [0.25, 0.3) is 0 Å². The predicted octanol–water partition coefficient (Wildman–Crippen LogP) is 4.18. The molecule has 1 aliphatic heterocycles. The van der Waals surface area contributed by atoms with E-state index in [0.29, 0.717) is 18.4 Å². The Hall–Kier alpha value is -0.940. The summed E-state index contributed by atoms with van der Waals surface area (Å²) in [6, 6.07) is 15.4. The Morgan fingerprint density at radius 2 is 1.87 bits per heavy atom. The summed E-state index contributed by atoms with van der Waals surface area (Å²) in [5.41, 5.74) is 8.31. The average Bonchev–Trinajstić information content (AvgIpc) is 2.95. The van der Waals surface area contributed by atoms with Crippen LogP contribution in [0.3, 0.4) is 0 Å². The van der Waals surface area contributed by atoms with Crippen LogP contribution in [0, 0.1) is 11.7 Å². The van der Waals surface area contributed by atoms with E-state index in [0.717, 1.165) is 29.7 Å². The van der Waals surface area contributed by atoms with E-state index in [4.69, 9.17) is 5.73 Å². The van der Waals surface area contributed by atoms with Crippen LogP contribution >= 0.6 is 28.3 Å². The second-order valence-electron chi connectivity index (χ2n) is 5.94. The molecule has 1 fully saturated rings. The molecule has 2 nitrogen and oxygen atoms in total. The minimum atomic E-state index is -0.188. The maximum atomic E-state index is 13.4. The van der Waals surface area contributed by atoms with Gasteiger partial charge in [-0.3, -0.25) is 4.90 Å². The number of halogens is 3. The molecule has 1 heterocycles. The maximum Gasteiger partial charge on any atom is 0.123 e. The second-order valence-corrected chi connectivity index (χ2v) is 6.80. The van der Waals surface area contributed by atoms with Gasteiger partial charge in [-0.25, -0.2) is 4.39 Å². The van der Waals surface area contributed by atoms with E-state index >= 15 is 0 Å². The Morgan fingerprint density at radius 3 is 2.57 bits per heavy atom. The lowest BCUT2D eigenvalue weighted by molar-refractivity contribution is 0.316. The first-order chi connectivity index (χ1) is 10.7. The van der Waals surface area contributed by atoms with Gasteiger partial charge in [-0.2, -0.15) is 0 Å². The van der Waals surface area contributed by atoms with Crippen molar-refractivity contribution >= 4 is 28.3 Å². The molecule has 2 aromatic carbocycles. The molecule has 5 heteroatoms. The van der Waals surface area contributed by atoms with Crippen LogP contribution in [0.25, 0.3) is 0 Å². The highest BCUT2D eigenvalue weighted by molar-refractivity contribution is 9.10. The normalized spacial score (nSPS) is 21.2. The third-order valence-corrected chi connectivity index (χ3v) is 5.22. The van der Waals surface area contributed by atoms with E-state index in [1.54, 1.807) is 12.1 Å². The van der Waals surface area contributed by atoms with Gasteiger partial charge < -0.3 is 5.73 Å². The number of hydrogen-bond donors (Lipinski definition) is 1. The zero-order chi connectivity index (χ0) is 15.5. The Labute approximate surface area is 151 Å². The molecule has 1 aliphatic rings. The standard InChI is InChI=1S/C18H20BrFN2.ClH/c19-18-7-6-16(20)8-14(18)10-22-11-15(9-21)17(12-22)13-4-2-1-3-5-13;/h1-8,15,17H,9-12,21H2;1H/t15-,17+;/m1./s1. The Morgan fingerprint density at radius 1 is 1.13 bits per heavy atom. The van der Waals surface area contributed by atoms with Crippen molar-refractivity contribution in [1.29, 1.82) is 0 Å². The fourth-order valence-electron chi connectivity index (χ4n) is 3.31. The summed E-state index contributed by atoms with van der Waals surface area (Å²) < 4.78 is 14.4. The minimum Gasteiger partial charge on any atom is -0.330 e. The topological polar surface area (TPSA) is 29.3 Å². The lowest BCUT2D eigenvalue weighted by atomic mass is 9.89. The van der Waals surface area contributed by atoms with Crippen molar-refractivity contribution < 1.29 is 4.39 Å². The van der Waals surface area contributed by atoms with Crippen LogP contribution in [-0.4, -0.2) is 24.5 Å². The first-order valence-electron chi connectivity index (χ1n) is 7.58. The van der Waals surface area contributed by atoms with Crippen LogP contribution in [0.2, 0.25) is 0 Å². The average molecular weight is 400 g/mol. The fraction of sp³-hybridized carbons (Fsp3) is 0.333. The smallest absolute Gasteiger partial charge is 0.123 e. The lowest BCUT2D eigenvalue weighted by Gasteiger charge is -2.17. The molecule has 2 N–H and O–H groups in total. The molecular weight excluding hydrogens is 379 g/mol. The van der Waals surface area contributed by atoms with Gasteiger partial charge in [0.05, 0.1) is 0 Å². The maximum absolute atomic E-state index is 13.4. The minimum absolute atomic E-state index is 0. The number of nitrogens with zero attached hydrogens (tertiary/aromatic N) is 1. The van der Waals surface area contributed by atoms with Crippen molar-refractivity contribution in [2.75, 3.05) is 19.6 Å². The van der Waals surface area contributed by atoms with Gasteiger partial charge in [-0.15, -0.1) is 12.4 Å². The molecule has 124 valence electrons. The van der Waals surface area contributed by atoms with E-state index in [2.05, 4.69) is 45.1 Å². The van der Waals surface area contributed by atoms with Crippen LogP contribution in [-0.2, 0) is 6.54 Å². The highest BCUT2D eigenvalue weighted by Crippen LogP contribution is 2.33. The van der Waals surface area contributed by atoms with Crippen LogP contribution in [0.15, 0.2) is 53.0 Å². The van der Waals surface area contributed by atoms with Crippen molar-refractivity contribution in [3.05, 3.63) is 69.9 Å². The molecule has 0 amide bonds. The number of likely N-dealkylation sites (tertiary alicyclic amines) is 1. The van der Waals surface area contributed by atoms with Crippen molar-refractivity contribution in [3.63, 3.8) is 0 Å². The van der Waals surface area contributed by atoms with Gasteiger partial charge in [0.15, 0.2) is 0 Å². The van der Waals surface area contributed by atoms with Crippen LogP contribution in [0.5, 0.6) is 0 Å². The second kappa shape index (κ2) is 8.25. The summed E-state index contributed by atoms with van der Waals surface area (Å²) in [7, 11) is 0. The zero-order valence-electron chi connectivity index (χ0n) is 12.8. The molecule has 0 aromatic heterocycles. The van der Waals surface area contributed by atoms with E-state index < -0.39 is 0 Å². The van der Waals surface area contributed by atoms with Gasteiger partial charge in [0.1, 0.15) is 5.82 Å². The molecule has 0 bridgehead atoms. The number of hydrogen-bond acceptors (Lipinski definition) is 2. The highest BCUT2D eigenvalue weighted by atomic mass is 79.9. The third kappa shape index (κ3) is 4.32. The molecular formula is C18H21BrClFN2. The van der Waals surface area contributed by atoms with Crippen LogP contribution in [0.4, 0.5) is 4.39 Å². The Kier molecular flexibility index (Phi) is 6.60. The molecule has 0 radical (unpaired) electrons. The molecule has 2 aromatic rings. The molecule has 0 unspecified atom stereocenters. The molecule has 0 spiro atoms. The van der Waals surface area contributed by atoms with Gasteiger partial charge >= 0.3 is 0 Å². The summed E-state index contributed by atoms with van der Waals surface area (Å²) in [6.07, 6.45) is 0. The summed E-state index contributed by atoms with van der Waals surface area (Å²) in [6.45, 7) is 3.35. The molecule has 0 aliphatic carbocycles. The van der Waals surface area contributed by atoms with Gasteiger partial charge in [0, 0.05) is 30.0 Å². The molecule has 0 saturated carbocycles. The monoisotopic (exact) mass is 398 g/mol. The molecule has 1 saturated heterocycles. The SMILES string of the molecule is Cl.NC[C@@H]1CN(Cc2cc(F)ccc2Br)C[C@H]1c1ccccc1. The molecule has 2 atom stereocenters. The molecule has 3 rings (SSSR count). The Bertz CT molecular complexity index is 638. The predicted molar refractivity (Wildman–Crippen MR) is 98.4 cm³/mol. The van der Waals surface area contributed by atoms with Gasteiger partial charge in [0.2, 0.25) is 0 Å². The number of nitrogens with two attached hydrogens (primary N) is 1. The Balaban J connectivity index is 0.00000192. The molecule has 23 heavy (non-hydrogen) atoms. The lowest BCUT2D eigenvalue weighted by Crippen LogP contribution is -2.23. The van der Waals surface area contributed by atoms with Crippen molar-refractivity contribution in [1.82, 2.24) is 4.90 Å². The van der Waals surface area contributed by atoms with E-state index in [1.807, 2.05) is 6.07 Å². The van der Waals surface area contributed by atoms with Crippen molar-refractivity contribution in [2.45, 2.75) is 12.5 Å². The van der Waals surface area contributed by atoms with Gasteiger partial charge in [-0.1, -0.05) is 46.3 Å². The van der Waals surface area contributed by atoms with Crippen LogP contribution < -0.4 is 5.73 Å². The zero-order valence-corrected chi connectivity index (χ0v) is 15.2. The summed E-state index contributed by atoms with van der Waals surface area (Å²) in [5.74, 6) is 0.723.